The predicted octanol–water partition coefficient (Wildman–Crippen LogP) is 0.149. The van der Waals surface area contributed by atoms with Crippen molar-refractivity contribution >= 4 is 5.91 Å². The number of hydrogen-bond donors (Lipinski definition) is 1. The Morgan fingerprint density at radius 3 is 2.67 bits per heavy atom. The molecule has 15 heavy (non-hydrogen) atoms. The van der Waals surface area contributed by atoms with Crippen molar-refractivity contribution in [2.45, 2.75) is 26.8 Å². The van der Waals surface area contributed by atoms with E-state index in [1.807, 2.05) is 18.7 Å². The first-order valence-electron chi connectivity index (χ1n) is 5.91. The van der Waals surface area contributed by atoms with Crippen LogP contribution in [-0.4, -0.2) is 61.0 Å². The van der Waals surface area contributed by atoms with Crippen molar-refractivity contribution in [1.82, 2.24) is 15.1 Å². The Bertz CT molecular complexity index is 204. The highest BCUT2D eigenvalue weighted by Crippen LogP contribution is 2.03. The molecule has 0 aromatic heterocycles. The molecule has 0 unspecified atom stereocenters. The highest BCUT2D eigenvalue weighted by Gasteiger charge is 2.21. The maximum atomic E-state index is 11.9. The second kappa shape index (κ2) is 6.08. The fourth-order valence-electron chi connectivity index (χ4n) is 1.97. The summed E-state index contributed by atoms with van der Waals surface area (Å²) in [7, 11) is 0. The van der Waals surface area contributed by atoms with Crippen molar-refractivity contribution in [2.75, 3.05) is 39.3 Å². The lowest BCUT2D eigenvalue weighted by atomic mass is 10.2. The fourth-order valence-corrected chi connectivity index (χ4v) is 1.97. The fraction of sp³-hybridized carbons (Fsp3) is 0.909. The van der Waals surface area contributed by atoms with Crippen molar-refractivity contribution in [3.05, 3.63) is 0 Å². The molecule has 1 heterocycles. The van der Waals surface area contributed by atoms with Gasteiger partial charge in [0.2, 0.25) is 5.91 Å². The molecule has 1 saturated heterocycles. The molecule has 4 nitrogen and oxygen atoms in total. The van der Waals surface area contributed by atoms with Gasteiger partial charge in [0.25, 0.3) is 0 Å². The van der Waals surface area contributed by atoms with Crippen LogP contribution in [0.4, 0.5) is 0 Å². The van der Waals surface area contributed by atoms with Gasteiger partial charge in [0.15, 0.2) is 0 Å². The van der Waals surface area contributed by atoms with Gasteiger partial charge >= 0.3 is 0 Å². The van der Waals surface area contributed by atoms with E-state index in [2.05, 4.69) is 17.1 Å². The average molecular weight is 213 g/mol. The van der Waals surface area contributed by atoms with E-state index >= 15 is 0 Å². The zero-order chi connectivity index (χ0) is 11.3. The molecule has 0 radical (unpaired) electrons. The molecular formula is C11H23N3O. The predicted molar refractivity (Wildman–Crippen MR) is 61.8 cm³/mol. The third-order valence-electron chi connectivity index (χ3n) is 3.09. The van der Waals surface area contributed by atoms with E-state index in [0.29, 0.717) is 12.6 Å². The second-order valence-corrected chi connectivity index (χ2v) is 4.09. The molecule has 4 heteroatoms. The number of nitrogens with zero attached hydrogens (tertiary/aromatic N) is 2. The topological polar surface area (TPSA) is 35.6 Å². The standard InChI is InChI=1S/C11H23N3O/c1-4-13(5-2)11(15)9-14-7-6-12-8-10(14)3/h10,12H,4-9H2,1-3H3/t10-/m1/s1. The summed E-state index contributed by atoms with van der Waals surface area (Å²) in [5, 5.41) is 3.33. The molecule has 0 saturated carbocycles. The van der Waals surface area contributed by atoms with Gasteiger partial charge < -0.3 is 10.2 Å². The van der Waals surface area contributed by atoms with E-state index in [-0.39, 0.29) is 5.91 Å². The molecule has 1 aliphatic heterocycles. The molecule has 1 atom stereocenters. The third kappa shape index (κ3) is 3.47. The minimum absolute atomic E-state index is 0.258. The normalized spacial score (nSPS) is 22.7. The smallest absolute Gasteiger partial charge is 0.236 e. The summed E-state index contributed by atoms with van der Waals surface area (Å²) in [5.74, 6) is 0.258. The lowest BCUT2D eigenvalue weighted by Gasteiger charge is -2.34. The second-order valence-electron chi connectivity index (χ2n) is 4.09. The summed E-state index contributed by atoms with van der Waals surface area (Å²) in [6, 6.07) is 0.471. The van der Waals surface area contributed by atoms with Crippen molar-refractivity contribution in [1.29, 1.82) is 0 Å². The minimum Gasteiger partial charge on any atom is -0.342 e. The van der Waals surface area contributed by atoms with Gasteiger partial charge in [-0.05, 0) is 20.8 Å². The van der Waals surface area contributed by atoms with Gasteiger partial charge in [-0.3, -0.25) is 9.69 Å². The molecule has 1 amide bonds. The number of amides is 1. The van der Waals surface area contributed by atoms with Gasteiger partial charge in [-0.15, -0.1) is 0 Å². The van der Waals surface area contributed by atoms with Gasteiger partial charge in [-0.1, -0.05) is 0 Å². The molecule has 0 aromatic rings. The maximum absolute atomic E-state index is 11.9. The number of carbonyl (C=O) groups excluding carboxylic acids is 1. The summed E-state index contributed by atoms with van der Waals surface area (Å²) in [6.45, 7) is 11.4. The number of nitrogens with one attached hydrogen (secondary N) is 1. The molecule has 1 rings (SSSR count). The van der Waals surface area contributed by atoms with Crippen LogP contribution in [0.3, 0.4) is 0 Å². The maximum Gasteiger partial charge on any atom is 0.236 e. The Labute approximate surface area is 92.6 Å². The van der Waals surface area contributed by atoms with Gasteiger partial charge in [-0.25, -0.2) is 0 Å². The van der Waals surface area contributed by atoms with Gasteiger partial charge in [0.05, 0.1) is 6.54 Å². The van der Waals surface area contributed by atoms with Gasteiger partial charge in [0.1, 0.15) is 0 Å². The Balaban J connectivity index is 2.41. The molecule has 1 aliphatic rings. The summed E-state index contributed by atoms with van der Waals surface area (Å²) < 4.78 is 0. The zero-order valence-corrected chi connectivity index (χ0v) is 10.1. The van der Waals surface area contributed by atoms with Crippen molar-refractivity contribution in [2.24, 2.45) is 0 Å². The van der Waals surface area contributed by atoms with Crippen LogP contribution >= 0.6 is 0 Å². The van der Waals surface area contributed by atoms with E-state index in [1.165, 1.54) is 0 Å². The van der Waals surface area contributed by atoms with Crippen molar-refractivity contribution < 1.29 is 4.79 Å². The van der Waals surface area contributed by atoms with Crippen molar-refractivity contribution in [3.8, 4) is 0 Å². The third-order valence-corrected chi connectivity index (χ3v) is 3.09. The van der Waals surface area contributed by atoms with Gasteiger partial charge in [0, 0.05) is 38.8 Å². The summed E-state index contributed by atoms with van der Waals surface area (Å²) >= 11 is 0. The highest BCUT2D eigenvalue weighted by molar-refractivity contribution is 5.78. The molecule has 1 fully saturated rings. The molecule has 0 aromatic carbocycles. The molecule has 0 spiro atoms. The Morgan fingerprint density at radius 1 is 1.47 bits per heavy atom. The van der Waals surface area contributed by atoms with Crippen LogP contribution in [0.2, 0.25) is 0 Å². The lowest BCUT2D eigenvalue weighted by molar-refractivity contribution is -0.132. The number of likely N-dealkylation sites (N-methyl/N-ethyl adjacent to an activating group) is 1. The van der Waals surface area contributed by atoms with E-state index in [1.54, 1.807) is 0 Å². The van der Waals surface area contributed by atoms with Crippen molar-refractivity contribution in [3.63, 3.8) is 0 Å². The van der Waals surface area contributed by atoms with E-state index in [4.69, 9.17) is 0 Å². The number of hydrogen-bond acceptors (Lipinski definition) is 3. The quantitative estimate of drug-likeness (QED) is 0.722. The SMILES string of the molecule is CCN(CC)C(=O)CN1CCNC[C@H]1C. The van der Waals surface area contributed by atoms with Crippen LogP contribution in [-0.2, 0) is 4.79 Å². The minimum atomic E-state index is 0.258. The largest absolute Gasteiger partial charge is 0.342 e. The van der Waals surface area contributed by atoms with E-state index in [0.717, 1.165) is 32.7 Å². The molecule has 0 aliphatic carbocycles. The van der Waals surface area contributed by atoms with Crippen LogP contribution in [0, 0.1) is 0 Å². The molecule has 1 N–H and O–H groups in total. The van der Waals surface area contributed by atoms with Crippen LogP contribution in [0.5, 0.6) is 0 Å². The molecule has 88 valence electrons. The van der Waals surface area contributed by atoms with Crippen LogP contribution in [0.25, 0.3) is 0 Å². The Hall–Kier alpha value is -0.610. The van der Waals surface area contributed by atoms with E-state index < -0.39 is 0 Å². The first-order valence-corrected chi connectivity index (χ1v) is 5.91. The highest BCUT2D eigenvalue weighted by atomic mass is 16.2. The van der Waals surface area contributed by atoms with Crippen LogP contribution in [0.1, 0.15) is 20.8 Å². The van der Waals surface area contributed by atoms with Gasteiger partial charge in [-0.2, -0.15) is 0 Å². The zero-order valence-electron chi connectivity index (χ0n) is 10.1. The molecular weight excluding hydrogens is 190 g/mol. The Morgan fingerprint density at radius 2 is 2.13 bits per heavy atom. The monoisotopic (exact) mass is 213 g/mol. The average Bonchev–Trinajstić information content (AvgIpc) is 2.23. The molecule has 0 bridgehead atoms. The summed E-state index contributed by atoms with van der Waals surface area (Å²) in [4.78, 5) is 16.0. The van der Waals surface area contributed by atoms with Crippen LogP contribution < -0.4 is 5.32 Å². The summed E-state index contributed by atoms with van der Waals surface area (Å²) in [6.07, 6.45) is 0. The number of piperazine rings is 1. The number of rotatable bonds is 4. The first-order chi connectivity index (χ1) is 7.19. The Kier molecular flexibility index (Phi) is 5.05. The number of carbonyl (C=O) groups is 1. The first kappa shape index (κ1) is 12.5. The summed E-state index contributed by atoms with van der Waals surface area (Å²) in [5.41, 5.74) is 0. The lowest BCUT2D eigenvalue weighted by Crippen LogP contribution is -2.53. The van der Waals surface area contributed by atoms with E-state index in [9.17, 15) is 4.79 Å². The van der Waals surface area contributed by atoms with Crippen LogP contribution in [0.15, 0.2) is 0 Å².